The van der Waals surface area contributed by atoms with Crippen molar-refractivity contribution in [2.45, 2.75) is 38.4 Å². The van der Waals surface area contributed by atoms with Gasteiger partial charge >= 0.3 is 5.97 Å². The Morgan fingerprint density at radius 3 is 2.61 bits per heavy atom. The van der Waals surface area contributed by atoms with Crippen molar-refractivity contribution in [1.29, 1.82) is 0 Å². The van der Waals surface area contributed by atoms with Crippen molar-refractivity contribution in [2.75, 3.05) is 18.2 Å². The van der Waals surface area contributed by atoms with Gasteiger partial charge in [0.15, 0.2) is 10.9 Å². The first-order chi connectivity index (χ1) is 15.8. The Morgan fingerprint density at radius 2 is 1.91 bits per heavy atom. The summed E-state index contributed by atoms with van der Waals surface area (Å²) in [6.07, 6.45) is 1.66. The van der Waals surface area contributed by atoms with E-state index in [-0.39, 0.29) is 28.6 Å². The number of thioether (sulfide) groups is 1. The van der Waals surface area contributed by atoms with Gasteiger partial charge in [-0.1, -0.05) is 37.2 Å². The van der Waals surface area contributed by atoms with Crippen LogP contribution >= 0.6 is 11.8 Å². The van der Waals surface area contributed by atoms with Gasteiger partial charge < -0.3 is 10.1 Å². The molecule has 9 heteroatoms. The Morgan fingerprint density at radius 1 is 1.15 bits per heavy atom. The Labute approximate surface area is 195 Å². The van der Waals surface area contributed by atoms with Crippen molar-refractivity contribution >= 4 is 46.0 Å². The molecule has 0 spiro atoms. The highest BCUT2D eigenvalue weighted by atomic mass is 32.2. The second-order valence-electron chi connectivity index (χ2n) is 7.37. The highest BCUT2D eigenvalue weighted by molar-refractivity contribution is 7.99. The summed E-state index contributed by atoms with van der Waals surface area (Å²) in [5.74, 6) is -1.00. The predicted octanol–water partition coefficient (Wildman–Crippen LogP) is 3.92. The fourth-order valence-corrected chi connectivity index (χ4v) is 4.11. The van der Waals surface area contributed by atoms with Gasteiger partial charge in [-0.2, -0.15) is 0 Å². The minimum absolute atomic E-state index is 0.00694. The third-order valence-corrected chi connectivity index (χ3v) is 5.97. The summed E-state index contributed by atoms with van der Waals surface area (Å²) in [5.41, 5.74) is 1.29. The van der Waals surface area contributed by atoms with Crippen molar-refractivity contribution in [3.63, 3.8) is 0 Å². The van der Waals surface area contributed by atoms with Gasteiger partial charge in [0, 0.05) is 12.1 Å². The highest BCUT2D eigenvalue weighted by Crippen LogP contribution is 2.21. The molecule has 0 unspecified atom stereocenters. The molecular formula is C24H25N3O5S. The minimum atomic E-state index is -0.522. The Balaban J connectivity index is 1.90. The zero-order chi connectivity index (χ0) is 24.0. The molecule has 0 atom stereocenters. The number of aromatic nitrogens is 2. The van der Waals surface area contributed by atoms with Gasteiger partial charge in [0.1, 0.15) is 0 Å². The number of anilines is 1. The fraction of sp³-hybridized carbons (Fsp3) is 0.292. The number of esters is 1. The number of methoxy groups -OCH3 is 1. The standard InChI is InChI=1S/C24H25N3O5S/c1-4-5-12-27-22(30)18-11-10-16(23(31)32-3)13-20(18)26-24(27)33-14-21(29)25-19-9-7-6-8-17(19)15(2)28/h6-11,13H,4-5,12,14H2,1-3H3,(H,25,29). The number of fused-ring (bicyclic) bond motifs is 1. The molecule has 33 heavy (non-hydrogen) atoms. The van der Waals surface area contributed by atoms with Crippen LogP contribution in [-0.2, 0) is 16.1 Å². The fourth-order valence-electron chi connectivity index (χ4n) is 3.28. The molecule has 0 aliphatic heterocycles. The molecule has 0 saturated heterocycles. The zero-order valence-electron chi connectivity index (χ0n) is 18.7. The Kier molecular flexibility index (Phi) is 8.00. The molecule has 0 saturated carbocycles. The summed E-state index contributed by atoms with van der Waals surface area (Å²) in [6, 6.07) is 11.4. The van der Waals surface area contributed by atoms with E-state index in [1.165, 1.54) is 26.2 Å². The van der Waals surface area contributed by atoms with Crippen LogP contribution in [0, 0.1) is 0 Å². The van der Waals surface area contributed by atoms with Crippen molar-refractivity contribution in [1.82, 2.24) is 9.55 Å². The van der Waals surface area contributed by atoms with Crippen molar-refractivity contribution in [3.05, 3.63) is 63.9 Å². The molecule has 0 radical (unpaired) electrons. The number of hydrogen-bond donors (Lipinski definition) is 1. The lowest BCUT2D eigenvalue weighted by atomic mass is 10.1. The summed E-state index contributed by atoms with van der Waals surface area (Å²) in [6.45, 7) is 3.93. The summed E-state index contributed by atoms with van der Waals surface area (Å²) in [4.78, 5) is 54.0. The maximum atomic E-state index is 13.1. The van der Waals surface area contributed by atoms with Gasteiger partial charge in [-0.25, -0.2) is 9.78 Å². The number of rotatable bonds is 9. The summed E-state index contributed by atoms with van der Waals surface area (Å²) in [5, 5.41) is 3.53. The smallest absolute Gasteiger partial charge is 0.337 e. The second kappa shape index (κ2) is 10.9. The average Bonchev–Trinajstić information content (AvgIpc) is 2.81. The van der Waals surface area contributed by atoms with Gasteiger partial charge in [0.2, 0.25) is 5.91 Å². The van der Waals surface area contributed by atoms with Gasteiger partial charge in [-0.3, -0.25) is 19.0 Å². The maximum absolute atomic E-state index is 13.1. The van der Waals surface area contributed by atoms with Crippen molar-refractivity contribution < 1.29 is 19.1 Å². The van der Waals surface area contributed by atoms with E-state index in [9.17, 15) is 19.2 Å². The number of amides is 1. The molecule has 0 aliphatic carbocycles. The molecule has 1 N–H and O–H groups in total. The SMILES string of the molecule is CCCCn1c(SCC(=O)Nc2ccccc2C(C)=O)nc2cc(C(=O)OC)ccc2c1=O. The van der Waals surface area contributed by atoms with Gasteiger partial charge in [0.25, 0.3) is 5.56 Å². The van der Waals surface area contributed by atoms with Crippen LogP contribution in [0.2, 0.25) is 0 Å². The van der Waals surface area contributed by atoms with E-state index < -0.39 is 5.97 Å². The lowest BCUT2D eigenvalue weighted by molar-refractivity contribution is -0.113. The number of unbranched alkanes of at least 4 members (excludes halogenated alkanes) is 1. The Hall–Kier alpha value is -3.46. The summed E-state index contributed by atoms with van der Waals surface area (Å²) < 4.78 is 6.31. The van der Waals surface area contributed by atoms with E-state index in [0.717, 1.165) is 24.6 Å². The largest absolute Gasteiger partial charge is 0.465 e. The number of carbonyl (C=O) groups excluding carboxylic acids is 3. The molecule has 3 aromatic rings. The van der Waals surface area contributed by atoms with Gasteiger partial charge in [-0.05, 0) is 43.7 Å². The van der Waals surface area contributed by atoms with E-state index in [2.05, 4.69) is 10.3 Å². The molecule has 8 nitrogen and oxygen atoms in total. The van der Waals surface area contributed by atoms with Gasteiger partial charge in [0.05, 0.1) is 35.0 Å². The van der Waals surface area contributed by atoms with Crippen molar-refractivity contribution in [3.8, 4) is 0 Å². The third-order valence-electron chi connectivity index (χ3n) is 4.99. The summed E-state index contributed by atoms with van der Waals surface area (Å²) >= 11 is 1.13. The van der Waals surface area contributed by atoms with Crippen LogP contribution in [0.25, 0.3) is 10.9 Å². The van der Waals surface area contributed by atoms with E-state index >= 15 is 0 Å². The zero-order valence-corrected chi connectivity index (χ0v) is 19.5. The van der Waals surface area contributed by atoms with Crippen LogP contribution in [0.15, 0.2) is 52.4 Å². The number of Topliss-reactive ketones (excluding diaryl/α,β-unsaturated/α-hetero) is 1. The second-order valence-corrected chi connectivity index (χ2v) is 8.31. The number of ether oxygens (including phenoxy) is 1. The first-order valence-corrected chi connectivity index (χ1v) is 11.5. The number of nitrogens with zero attached hydrogens (tertiary/aromatic N) is 2. The van der Waals surface area contributed by atoms with Crippen molar-refractivity contribution in [2.24, 2.45) is 0 Å². The lowest BCUT2D eigenvalue weighted by Crippen LogP contribution is -2.24. The minimum Gasteiger partial charge on any atom is -0.465 e. The quantitative estimate of drug-likeness (QED) is 0.220. The summed E-state index contributed by atoms with van der Waals surface area (Å²) in [7, 11) is 1.28. The Bertz CT molecular complexity index is 1270. The number of ketones is 1. The molecule has 0 bridgehead atoms. The molecule has 1 heterocycles. The van der Waals surface area contributed by atoms with Crippen LogP contribution in [0.4, 0.5) is 5.69 Å². The molecule has 2 aromatic carbocycles. The molecule has 1 amide bonds. The normalized spacial score (nSPS) is 10.8. The maximum Gasteiger partial charge on any atom is 0.337 e. The van der Waals surface area contributed by atoms with E-state index in [0.29, 0.717) is 33.9 Å². The highest BCUT2D eigenvalue weighted by Gasteiger charge is 2.16. The molecule has 1 aromatic heterocycles. The molecular weight excluding hydrogens is 442 g/mol. The first kappa shape index (κ1) is 24.2. The average molecular weight is 468 g/mol. The third kappa shape index (κ3) is 5.67. The van der Waals surface area contributed by atoms with Crippen LogP contribution in [0.5, 0.6) is 0 Å². The topological polar surface area (TPSA) is 107 Å². The van der Waals surface area contributed by atoms with E-state index in [1.807, 2.05) is 6.92 Å². The van der Waals surface area contributed by atoms with E-state index in [1.54, 1.807) is 34.9 Å². The monoisotopic (exact) mass is 467 g/mol. The van der Waals surface area contributed by atoms with Crippen LogP contribution < -0.4 is 10.9 Å². The molecule has 0 aliphatic rings. The predicted molar refractivity (Wildman–Crippen MR) is 128 cm³/mol. The van der Waals surface area contributed by atoms with Crippen LogP contribution in [-0.4, -0.2) is 40.1 Å². The molecule has 0 fully saturated rings. The molecule has 172 valence electrons. The number of benzene rings is 2. The number of nitrogens with one attached hydrogen (secondary N) is 1. The van der Waals surface area contributed by atoms with Crippen LogP contribution in [0.3, 0.4) is 0 Å². The van der Waals surface area contributed by atoms with Crippen LogP contribution in [0.1, 0.15) is 47.4 Å². The number of carbonyl (C=O) groups is 3. The van der Waals surface area contributed by atoms with E-state index in [4.69, 9.17) is 4.74 Å². The number of hydrogen-bond acceptors (Lipinski definition) is 7. The number of para-hydroxylation sites is 1. The lowest BCUT2D eigenvalue weighted by Gasteiger charge is -2.13. The molecule has 3 rings (SSSR count). The first-order valence-electron chi connectivity index (χ1n) is 10.5. The van der Waals surface area contributed by atoms with Gasteiger partial charge in [-0.15, -0.1) is 0 Å².